The Bertz CT molecular complexity index is 712. The van der Waals surface area contributed by atoms with Crippen molar-refractivity contribution >= 4 is 17.4 Å². The lowest BCUT2D eigenvalue weighted by Gasteiger charge is -2.23. The molecule has 1 atom stereocenters. The second-order valence-electron chi connectivity index (χ2n) is 5.07. The predicted octanol–water partition coefficient (Wildman–Crippen LogP) is 1.61. The molecule has 3 heterocycles. The molecule has 0 aliphatic carbocycles. The van der Waals surface area contributed by atoms with Crippen LogP contribution in [0.15, 0.2) is 34.9 Å². The summed E-state index contributed by atoms with van der Waals surface area (Å²) < 4.78 is 10.5. The molecule has 7 nitrogen and oxygen atoms in total. The van der Waals surface area contributed by atoms with Crippen molar-refractivity contribution in [2.24, 2.45) is 5.92 Å². The zero-order valence-corrected chi connectivity index (χ0v) is 12.7. The first-order chi connectivity index (χ1) is 11.2. The minimum Gasteiger partial charge on any atom is -0.478 e. The zero-order chi connectivity index (χ0) is 16.2. The second kappa shape index (κ2) is 6.51. The summed E-state index contributed by atoms with van der Waals surface area (Å²) in [5.41, 5.74) is 0.855. The van der Waals surface area contributed by atoms with E-state index in [4.69, 9.17) is 9.15 Å². The fraction of sp³-hybridized carbons (Fsp3) is 0.312. The summed E-state index contributed by atoms with van der Waals surface area (Å²) in [4.78, 5) is 29.0. The SMILES string of the molecule is CCOc1ccc2c(n1)C(=O)C(C(=O)NCc1ccco1)CN2. The highest BCUT2D eigenvalue weighted by molar-refractivity contribution is 6.13. The Balaban J connectivity index is 1.71. The van der Waals surface area contributed by atoms with E-state index in [-0.39, 0.29) is 30.5 Å². The number of rotatable bonds is 5. The summed E-state index contributed by atoms with van der Waals surface area (Å²) >= 11 is 0. The van der Waals surface area contributed by atoms with Crippen LogP contribution in [0.25, 0.3) is 0 Å². The molecule has 1 unspecified atom stereocenters. The minimum atomic E-state index is -0.818. The van der Waals surface area contributed by atoms with Crippen LogP contribution in [0, 0.1) is 5.92 Å². The van der Waals surface area contributed by atoms with Crippen LogP contribution in [0.3, 0.4) is 0 Å². The number of anilines is 1. The van der Waals surface area contributed by atoms with Crippen molar-refractivity contribution in [3.8, 4) is 5.88 Å². The maximum atomic E-state index is 12.5. The van der Waals surface area contributed by atoms with Gasteiger partial charge in [-0.1, -0.05) is 0 Å². The first-order valence-corrected chi connectivity index (χ1v) is 7.41. The number of fused-ring (bicyclic) bond motifs is 1. The number of hydrogen-bond acceptors (Lipinski definition) is 6. The van der Waals surface area contributed by atoms with Gasteiger partial charge in [0.05, 0.1) is 25.1 Å². The average Bonchev–Trinajstić information content (AvgIpc) is 3.07. The van der Waals surface area contributed by atoms with Gasteiger partial charge in [0.15, 0.2) is 5.78 Å². The van der Waals surface area contributed by atoms with Gasteiger partial charge < -0.3 is 19.8 Å². The third-order valence-corrected chi connectivity index (χ3v) is 3.54. The van der Waals surface area contributed by atoms with Gasteiger partial charge in [0.25, 0.3) is 0 Å². The van der Waals surface area contributed by atoms with Crippen molar-refractivity contribution in [1.82, 2.24) is 10.3 Å². The first-order valence-electron chi connectivity index (χ1n) is 7.41. The fourth-order valence-electron chi connectivity index (χ4n) is 2.39. The number of aromatic nitrogens is 1. The highest BCUT2D eigenvalue weighted by Gasteiger charge is 2.34. The molecule has 0 fully saturated rings. The molecule has 0 spiro atoms. The van der Waals surface area contributed by atoms with Gasteiger partial charge in [-0.15, -0.1) is 0 Å². The normalized spacial score (nSPS) is 16.4. The molecule has 3 rings (SSSR count). The van der Waals surface area contributed by atoms with Gasteiger partial charge in [0, 0.05) is 12.6 Å². The molecule has 7 heteroatoms. The lowest BCUT2D eigenvalue weighted by Crippen LogP contribution is -2.42. The molecule has 0 bridgehead atoms. The van der Waals surface area contributed by atoms with Crippen LogP contribution in [0.5, 0.6) is 5.88 Å². The number of ketones is 1. The van der Waals surface area contributed by atoms with E-state index in [0.29, 0.717) is 23.9 Å². The monoisotopic (exact) mass is 315 g/mol. The minimum absolute atomic E-state index is 0.236. The quantitative estimate of drug-likeness (QED) is 0.814. The van der Waals surface area contributed by atoms with Gasteiger partial charge >= 0.3 is 0 Å². The van der Waals surface area contributed by atoms with Crippen molar-refractivity contribution in [2.75, 3.05) is 18.5 Å². The summed E-state index contributed by atoms with van der Waals surface area (Å²) in [7, 11) is 0. The molecule has 2 aromatic heterocycles. The number of pyridine rings is 1. The lowest BCUT2D eigenvalue weighted by atomic mass is 9.95. The Morgan fingerprint density at radius 1 is 1.48 bits per heavy atom. The molecule has 1 amide bonds. The van der Waals surface area contributed by atoms with Gasteiger partial charge in [-0.3, -0.25) is 9.59 Å². The molecule has 0 saturated heterocycles. The van der Waals surface area contributed by atoms with E-state index < -0.39 is 5.92 Å². The number of nitrogens with zero attached hydrogens (tertiary/aromatic N) is 1. The number of furan rings is 1. The van der Waals surface area contributed by atoms with Gasteiger partial charge in [0.2, 0.25) is 11.8 Å². The van der Waals surface area contributed by atoms with Crippen LogP contribution in [-0.4, -0.2) is 29.8 Å². The number of carbonyl (C=O) groups is 2. The van der Waals surface area contributed by atoms with E-state index in [0.717, 1.165) is 0 Å². The van der Waals surface area contributed by atoms with E-state index in [2.05, 4.69) is 15.6 Å². The summed E-state index contributed by atoms with van der Waals surface area (Å²) in [6.45, 7) is 2.78. The number of Topliss-reactive ketones (excluding diaryl/α,β-unsaturated/α-hetero) is 1. The Morgan fingerprint density at radius 3 is 3.09 bits per heavy atom. The van der Waals surface area contributed by atoms with Crippen molar-refractivity contribution < 1.29 is 18.7 Å². The van der Waals surface area contributed by atoms with Crippen LogP contribution in [0.1, 0.15) is 23.2 Å². The molecular formula is C16H17N3O4. The maximum Gasteiger partial charge on any atom is 0.233 e. The molecule has 120 valence electrons. The van der Waals surface area contributed by atoms with Crippen molar-refractivity contribution in [3.05, 3.63) is 42.0 Å². The number of nitrogens with one attached hydrogen (secondary N) is 2. The van der Waals surface area contributed by atoms with Crippen molar-refractivity contribution in [2.45, 2.75) is 13.5 Å². The van der Waals surface area contributed by atoms with Gasteiger partial charge in [0.1, 0.15) is 17.4 Å². The number of carbonyl (C=O) groups excluding carboxylic acids is 2. The van der Waals surface area contributed by atoms with Crippen LogP contribution >= 0.6 is 0 Å². The lowest BCUT2D eigenvalue weighted by molar-refractivity contribution is -0.123. The van der Waals surface area contributed by atoms with Crippen LogP contribution in [0.2, 0.25) is 0 Å². The summed E-state index contributed by atoms with van der Waals surface area (Å²) in [5.74, 6) is -0.475. The third kappa shape index (κ3) is 3.18. The number of hydrogen-bond donors (Lipinski definition) is 2. The summed E-state index contributed by atoms with van der Waals surface area (Å²) in [5, 5.41) is 5.77. The van der Waals surface area contributed by atoms with Crippen LogP contribution < -0.4 is 15.4 Å². The largest absolute Gasteiger partial charge is 0.478 e. The maximum absolute atomic E-state index is 12.5. The molecule has 2 aromatic rings. The van der Waals surface area contributed by atoms with Crippen molar-refractivity contribution in [3.63, 3.8) is 0 Å². The average molecular weight is 315 g/mol. The molecule has 0 radical (unpaired) electrons. The van der Waals surface area contributed by atoms with Crippen molar-refractivity contribution in [1.29, 1.82) is 0 Å². The molecule has 2 N–H and O–H groups in total. The number of ether oxygens (including phenoxy) is 1. The Hall–Kier alpha value is -2.83. The highest BCUT2D eigenvalue weighted by Crippen LogP contribution is 2.25. The van der Waals surface area contributed by atoms with Gasteiger partial charge in [-0.25, -0.2) is 4.98 Å². The smallest absolute Gasteiger partial charge is 0.233 e. The number of amides is 1. The topological polar surface area (TPSA) is 93.5 Å². The van der Waals surface area contributed by atoms with E-state index >= 15 is 0 Å². The second-order valence-corrected chi connectivity index (χ2v) is 5.07. The molecule has 1 aliphatic heterocycles. The van der Waals surface area contributed by atoms with Crippen LogP contribution in [0.4, 0.5) is 5.69 Å². The van der Waals surface area contributed by atoms with Gasteiger partial charge in [-0.2, -0.15) is 0 Å². The Kier molecular flexibility index (Phi) is 4.27. The Morgan fingerprint density at radius 2 is 2.35 bits per heavy atom. The molecule has 0 saturated carbocycles. The van der Waals surface area contributed by atoms with Gasteiger partial charge in [-0.05, 0) is 25.1 Å². The van der Waals surface area contributed by atoms with E-state index in [9.17, 15) is 9.59 Å². The molecule has 1 aliphatic rings. The first kappa shape index (κ1) is 15.1. The summed E-state index contributed by atoms with van der Waals surface area (Å²) in [6, 6.07) is 6.93. The standard InChI is InChI=1S/C16H17N3O4/c1-2-22-13-6-5-12-14(19-13)15(20)11(9-17-12)16(21)18-8-10-4-3-7-23-10/h3-7,11,17H,2,8-9H2,1H3,(H,18,21). The van der Waals surface area contributed by atoms with E-state index in [1.165, 1.54) is 6.26 Å². The zero-order valence-electron chi connectivity index (χ0n) is 12.7. The van der Waals surface area contributed by atoms with E-state index in [1.807, 2.05) is 6.92 Å². The third-order valence-electron chi connectivity index (χ3n) is 3.54. The highest BCUT2D eigenvalue weighted by atomic mass is 16.5. The Labute approximate surface area is 133 Å². The van der Waals surface area contributed by atoms with E-state index in [1.54, 1.807) is 24.3 Å². The molecule has 0 aromatic carbocycles. The van der Waals surface area contributed by atoms with Crippen LogP contribution in [-0.2, 0) is 11.3 Å². The molecule has 23 heavy (non-hydrogen) atoms. The summed E-state index contributed by atoms with van der Waals surface area (Å²) in [6.07, 6.45) is 1.53. The fourth-order valence-corrected chi connectivity index (χ4v) is 2.39. The molecular weight excluding hydrogens is 298 g/mol. The predicted molar refractivity (Wildman–Crippen MR) is 82.3 cm³/mol.